The second-order valence-electron chi connectivity index (χ2n) is 2.77. The molecule has 1 aromatic rings. The van der Waals surface area contributed by atoms with Gasteiger partial charge < -0.3 is 5.73 Å². The van der Waals surface area contributed by atoms with E-state index in [4.69, 9.17) is 17.5 Å². The van der Waals surface area contributed by atoms with Crippen molar-refractivity contribution < 1.29 is 14.0 Å². The van der Waals surface area contributed by atoms with Crippen LogP contribution in [0.4, 0.5) is 10.1 Å². The van der Waals surface area contributed by atoms with E-state index in [1.54, 1.807) is 0 Å². The lowest BCUT2D eigenvalue weighted by atomic mass is 10.3. The third-order valence-electron chi connectivity index (χ3n) is 1.61. The predicted octanol–water partition coefficient (Wildman–Crippen LogP) is 1.19. The van der Waals surface area contributed by atoms with Crippen LogP contribution in [0, 0.1) is 5.82 Å². The maximum absolute atomic E-state index is 13.1. The van der Waals surface area contributed by atoms with Crippen molar-refractivity contribution in [2.24, 2.45) is 5.73 Å². The molecule has 0 saturated carbocycles. The van der Waals surface area contributed by atoms with Crippen molar-refractivity contribution in [3.63, 3.8) is 0 Å². The van der Waals surface area contributed by atoms with Gasteiger partial charge in [-0.1, -0.05) is 12.1 Å². The highest BCUT2D eigenvalue weighted by atomic mass is 35.5. The van der Waals surface area contributed by atoms with E-state index < -0.39 is 24.1 Å². The molecule has 0 aliphatic rings. The molecule has 0 heterocycles. The zero-order valence-electron chi connectivity index (χ0n) is 7.61. The monoisotopic (exact) mass is 230 g/mol. The minimum Gasteiger partial charge on any atom is -0.369 e. The second kappa shape index (κ2) is 4.75. The molecular formula is C9H8ClFN2O2. The van der Waals surface area contributed by atoms with E-state index in [9.17, 15) is 14.0 Å². The molecule has 0 radical (unpaired) electrons. The third-order valence-corrected chi connectivity index (χ3v) is 1.98. The second-order valence-corrected chi connectivity index (χ2v) is 3.11. The molecule has 0 spiro atoms. The number of hydrogen-bond acceptors (Lipinski definition) is 2. The summed E-state index contributed by atoms with van der Waals surface area (Å²) in [5.41, 5.74) is 4.70. The Balaban J connectivity index is 2.85. The molecule has 80 valence electrons. The first-order valence-electron chi connectivity index (χ1n) is 4.04. The molecule has 0 fully saturated rings. The van der Waals surface area contributed by atoms with E-state index in [0.717, 1.165) is 6.07 Å². The number of nitrogens with two attached hydrogens (primary N) is 1. The first-order chi connectivity index (χ1) is 7.02. The number of carbonyl (C=O) groups is 2. The molecule has 0 saturated heterocycles. The Morgan fingerprint density at radius 3 is 2.53 bits per heavy atom. The molecule has 0 unspecified atom stereocenters. The average Bonchev–Trinajstić information content (AvgIpc) is 2.16. The van der Waals surface area contributed by atoms with E-state index >= 15 is 0 Å². The topological polar surface area (TPSA) is 63.4 Å². The van der Waals surface area contributed by atoms with Gasteiger partial charge in [0, 0.05) is 11.8 Å². The average molecular weight is 231 g/mol. The van der Waals surface area contributed by atoms with Crippen LogP contribution < -0.4 is 10.2 Å². The highest BCUT2D eigenvalue weighted by Gasteiger charge is 2.18. The minimum atomic E-state index is -0.818. The number of primary amides is 1. The van der Waals surface area contributed by atoms with Crippen molar-refractivity contribution in [2.75, 3.05) is 4.42 Å². The lowest BCUT2D eigenvalue weighted by molar-refractivity contribution is -0.125. The molecular weight excluding hydrogens is 223 g/mol. The van der Waals surface area contributed by atoms with Gasteiger partial charge in [-0.05, 0) is 12.1 Å². The number of nitrogens with zero attached hydrogens (tertiary/aromatic N) is 1. The summed E-state index contributed by atoms with van der Waals surface area (Å²) in [4.78, 5) is 21.7. The number of para-hydroxylation sites is 1. The van der Waals surface area contributed by atoms with Gasteiger partial charge in [-0.3, -0.25) is 9.59 Å². The normalized spacial score (nSPS) is 9.73. The molecule has 0 bridgehead atoms. The van der Waals surface area contributed by atoms with Gasteiger partial charge in [-0.15, -0.1) is 0 Å². The largest absolute Gasteiger partial charge is 0.369 e. The first-order valence-corrected chi connectivity index (χ1v) is 4.37. The standard InChI is InChI=1S/C9H8ClFN2O2/c10-13(9(15)5-8(12)14)7-4-2-1-3-6(7)11/h1-4H,5H2,(H2,12,14). The maximum Gasteiger partial charge on any atom is 0.251 e. The fraction of sp³-hybridized carbons (Fsp3) is 0.111. The highest BCUT2D eigenvalue weighted by molar-refractivity contribution is 6.37. The van der Waals surface area contributed by atoms with Crippen LogP contribution in [0.5, 0.6) is 0 Å². The molecule has 15 heavy (non-hydrogen) atoms. The van der Waals surface area contributed by atoms with Crippen LogP contribution in [-0.2, 0) is 9.59 Å². The van der Waals surface area contributed by atoms with Gasteiger partial charge in [0.15, 0.2) is 0 Å². The number of amides is 2. The van der Waals surface area contributed by atoms with E-state index in [-0.39, 0.29) is 5.69 Å². The number of hydrogen-bond donors (Lipinski definition) is 1. The van der Waals surface area contributed by atoms with Gasteiger partial charge in [-0.25, -0.2) is 8.81 Å². The number of benzene rings is 1. The van der Waals surface area contributed by atoms with Crippen LogP contribution in [0.3, 0.4) is 0 Å². The maximum atomic E-state index is 13.1. The minimum absolute atomic E-state index is 0.106. The summed E-state index contributed by atoms with van der Waals surface area (Å²) >= 11 is 5.54. The summed E-state index contributed by atoms with van der Waals surface area (Å²) in [6.45, 7) is 0. The molecule has 6 heteroatoms. The molecule has 4 nitrogen and oxygen atoms in total. The Morgan fingerprint density at radius 2 is 2.00 bits per heavy atom. The van der Waals surface area contributed by atoms with Gasteiger partial charge >= 0.3 is 0 Å². The van der Waals surface area contributed by atoms with Crippen molar-refractivity contribution in [1.82, 2.24) is 0 Å². The van der Waals surface area contributed by atoms with Crippen LogP contribution in [0.2, 0.25) is 0 Å². The lowest BCUT2D eigenvalue weighted by Gasteiger charge is -2.13. The first kappa shape index (κ1) is 11.5. The Bertz CT molecular complexity index is 397. The Hall–Kier alpha value is -1.62. The smallest absolute Gasteiger partial charge is 0.251 e. The van der Waals surface area contributed by atoms with Crippen molar-refractivity contribution in [3.8, 4) is 0 Å². The number of anilines is 1. The molecule has 0 aliphatic heterocycles. The molecule has 0 aromatic heterocycles. The lowest BCUT2D eigenvalue weighted by Crippen LogP contribution is -2.27. The van der Waals surface area contributed by atoms with Gasteiger partial charge in [0.25, 0.3) is 5.91 Å². The number of halogens is 2. The van der Waals surface area contributed by atoms with Crippen LogP contribution in [0.1, 0.15) is 6.42 Å². The highest BCUT2D eigenvalue weighted by Crippen LogP contribution is 2.21. The van der Waals surface area contributed by atoms with E-state index in [1.807, 2.05) is 0 Å². The SMILES string of the molecule is NC(=O)CC(=O)N(Cl)c1ccccc1F. The molecule has 1 rings (SSSR count). The summed E-state index contributed by atoms with van der Waals surface area (Å²) in [5.74, 6) is -2.23. The van der Waals surface area contributed by atoms with Crippen molar-refractivity contribution in [1.29, 1.82) is 0 Å². The Kier molecular flexibility index (Phi) is 3.62. The zero-order chi connectivity index (χ0) is 11.4. The summed E-state index contributed by atoms with van der Waals surface area (Å²) in [5, 5.41) is 0. The summed E-state index contributed by atoms with van der Waals surface area (Å²) < 4.78 is 13.7. The van der Waals surface area contributed by atoms with E-state index in [2.05, 4.69) is 0 Å². The Labute approximate surface area is 90.5 Å². The zero-order valence-corrected chi connectivity index (χ0v) is 8.37. The Morgan fingerprint density at radius 1 is 1.40 bits per heavy atom. The van der Waals surface area contributed by atoms with E-state index in [0.29, 0.717) is 4.42 Å². The molecule has 2 N–H and O–H groups in total. The summed E-state index contributed by atoms with van der Waals surface area (Å²) in [6, 6.07) is 5.46. The van der Waals surface area contributed by atoms with Crippen LogP contribution in [-0.4, -0.2) is 11.8 Å². The summed E-state index contributed by atoms with van der Waals surface area (Å²) in [7, 11) is 0. The van der Waals surface area contributed by atoms with Crippen molar-refractivity contribution >= 4 is 29.3 Å². The summed E-state index contributed by atoms with van der Waals surface area (Å²) in [6.07, 6.45) is -0.558. The van der Waals surface area contributed by atoms with Crippen LogP contribution in [0.25, 0.3) is 0 Å². The third kappa shape index (κ3) is 2.92. The van der Waals surface area contributed by atoms with Gasteiger partial charge in [0.2, 0.25) is 5.91 Å². The quantitative estimate of drug-likeness (QED) is 0.626. The molecule has 2 amide bonds. The number of carbonyl (C=O) groups excluding carboxylic acids is 2. The van der Waals surface area contributed by atoms with Crippen LogP contribution >= 0.6 is 11.8 Å². The van der Waals surface area contributed by atoms with Gasteiger partial charge in [-0.2, -0.15) is 0 Å². The van der Waals surface area contributed by atoms with E-state index in [1.165, 1.54) is 18.2 Å². The van der Waals surface area contributed by atoms with Gasteiger partial charge in [0.05, 0.1) is 5.69 Å². The molecule has 1 aromatic carbocycles. The fourth-order valence-electron chi connectivity index (χ4n) is 0.964. The van der Waals surface area contributed by atoms with Crippen molar-refractivity contribution in [2.45, 2.75) is 6.42 Å². The molecule has 0 aliphatic carbocycles. The van der Waals surface area contributed by atoms with Crippen molar-refractivity contribution in [3.05, 3.63) is 30.1 Å². The van der Waals surface area contributed by atoms with Gasteiger partial charge in [0.1, 0.15) is 12.2 Å². The molecule has 0 atom stereocenters. The number of rotatable bonds is 3. The fourth-order valence-corrected chi connectivity index (χ4v) is 1.16. The van der Waals surface area contributed by atoms with Crippen LogP contribution in [0.15, 0.2) is 24.3 Å². The predicted molar refractivity (Wildman–Crippen MR) is 53.6 cm³/mol.